The van der Waals surface area contributed by atoms with Crippen LogP contribution in [0.3, 0.4) is 0 Å². The molecule has 0 radical (unpaired) electrons. The van der Waals surface area contributed by atoms with E-state index in [2.05, 4.69) is 49.0 Å². The number of hydrogen-bond donors (Lipinski definition) is 2. The molecule has 3 N–H and O–H groups in total. The van der Waals surface area contributed by atoms with Crippen LogP contribution in [0.15, 0.2) is 38.8 Å². The molecule has 5 nitrogen and oxygen atoms in total. The summed E-state index contributed by atoms with van der Waals surface area (Å²) in [5.74, 6) is 0.605. The summed E-state index contributed by atoms with van der Waals surface area (Å²) in [5.41, 5.74) is 7.71. The Morgan fingerprint density at radius 3 is 2.89 bits per heavy atom. The molecular weight excluding hydrogens is 366 g/mol. The molecule has 0 aliphatic carbocycles. The Hall–Kier alpha value is -1.34. The molecule has 0 heterocycles. The maximum atomic E-state index is 10.5. The molecule has 96 valence electrons. The molecule has 0 unspecified atom stereocenters. The fourth-order valence-electron chi connectivity index (χ4n) is 1.14. The smallest absolute Gasteiger partial charge is 0.332 e. The Morgan fingerprint density at radius 2 is 2.28 bits per heavy atom. The van der Waals surface area contributed by atoms with E-state index in [0.717, 1.165) is 8.95 Å². The quantitative estimate of drug-likeness (QED) is 0.471. The number of nitrogens with zero attached hydrogens (tertiary/aromatic N) is 1. The van der Waals surface area contributed by atoms with Gasteiger partial charge in [0.1, 0.15) is 12.4 Å². The van der Waals surface area contributed by atoms with Crippen LogP contribution in [0.5, 0.6) is 5.75 Å². The Bertz CT molecular complexity index is 489. The summed E-state index contributed by atoms with van der Waals surface area (Å²) in [7, 11) is 0. The lowest BCUT2D eigenvalue weighted by Crippen LogP contribution is -2.24. The van der Waals surface area contributed by atoms with E-state index in [0.29, 0.717) is 17.9 Å². The number of benzene rings is 1. The number of primary amides is 1. The highest BCUT2D eigenvalue weighted by molar-refractivity contribution is 9.11. The lowest BCUT2D eigenvalue weighted by atomic mass is 10.2. The molecule has 0 saturated heterocycles. The zero-order valence-corrected chi connectivity index (χ0v) is 12.5. The number of hydrogen-bond acceptors (Lipinski definition) is 3. The fourth-order valence-corrected chi connectivity index (χ4v) is 2.51. The van der Waals surface area contributed by atoms with Gasteiger partial charge in [0.25, 0.3) is 0 Å². The zero-order chi connectivity index (χ0) is 13.5. The second kappa shape index (κ2) is 7.17. The van der Waals surface area contributed by atoms with Gasteiger partial charge in [0, 0.05) is 10.0 Å². The highest BCUT2D eigenvalue weighted by Crippen LogP contribution is 2.32. The number of ether oxygens (including phenoxy) is 1. The van der Waals surface area contributed by atoms with E-state index in [4.69, 9.17) is 10.5 Å². The molecule has 0 aliphatic heterocycles. The van der Waals surface area contributed by atoms with Crippen LogP contribution < -0.4 is 15.9 Å². The molecule has 0 fully saturated rings. The van der Waals surface area contributed by atoms with Gasteiger partial charge in [-0.05, 0) is 28.1 Å². The third-order valence-electron chi connectivity index (χ3n) is 1.76. The van der Waals surface area contributed by atoms with Crippen molar-refractivity contribution in [3.05, 3.63) is 39.3 Å². The first kappa shape index (κ1) is 14.7. The molecule has 0 bridgehead atoms. The van der Waals surface area contributed by atoms with Crippen molar-refractivity contribution in [3.63, 3.8) is 0 Å². The van der Waals surface area contributed by atoms with Crippen molar-refractivity contribution in [1.29, 1.82) is 0 Å². The predicted octanol–water partition coefficient (Wildman–Crippen LogP) is 2.78. The van der Waals surface area contributed by atoms with E-state index >= 15 is 0 Å². The lowest BCUT2D eigenvalue weighted by Gasteiger charge is -2.10. The molecule has 0 spiro atoms. The van der Waals surface area contributed by atoms with Gasteiger partial charge in [-0.15, -0.1) is 0 Å². The van der Waals surface area contributed by atoms with Gasteiger partial charge in [-0.25, -0.2) is 10.2 Å². The number of hydrazone groups is 1. The van der Waals surface area contributed by atoms with Crippen molar-refractivity contribution in [1.82, 2.24) is 5.43 Å². The average molecular weight is 377 g/mol. The Kier molecular flexibility index (Phi) is 5.87. The first-order valence-electron chi connectivity index (χ1n) is 4.86. The summed E-state index contributed by atoms with van der Waals surface area (Å²) in [6.07, 6.45) is 3.08. The largest absolute Gasteiger partial charge is 0.488 e. The van der Waals surface area contributed by atoms with Crippen LogP contribution in [0.2, 0.25) is 0 Å². The molecule has 1 rings (SSSR count). The van der Waals surface area contributed by atoms with Crippen LogP contribution in [0.25, 0.3) is 0 Å². The number of nitrogens with one attached hydrogen (secondary N) is 1. The molecule has 1 aromatic rings. The van der Waals surface area contributed by atoms with Crippen molar-refractivity contribution in [2.75, 3.05) is 6.61 Å². The summed E-state index contributed by atoms with van der Waals surface area (Å²) in [5, 5.41) is 3.70. The average Bonchev–Trinajstić information content (AvgIpc) is 2.27. The minimum atomic E-state index is -0.728. The number of carbonyl (C=O) groups excluding carboxylic acids is 1. The normalized spacial score (nSPS) is 10.3. The predicted molar refractivity (Wildman–Crippen MR) is 77.8 cm³/mol. The molecule has 18 heavy (non-hydrogen) atoms. The van der Waals surface area contributed by atoms with E-state index in [1.807, 2.05) is 6.07 Å². The van der Waals surface area contributed by atoms with Gasteiger partial charge >= 0.3 is 6.03 Å². The number of carbonyl (C=O) groups is 1. The third kappa shape index (κ3) is 4.50. The van der Waals surface area contributed by atoms with E-state index in [1.54, 1.807) is 12.1 Å². The monoisotopic (exact) mass is 375 g/mol. The Labute approximate surface area is 121 Å². The summed E-state index contributed by atoms with van der Waals surface area (Å²) in [6, 6.07) is 2.92. The minimum Gasteiger partial charge on any atom is -0.488 e. The maximum Gasteiger partial charge on any atom is 0.332 e. The van der Waals surface area contributed by atoms with Crippen molar-refractivity contribution in [2.24, 2.45) is 10.8 Å². The van der Waals surface area contributed by atoms with Crippen LogP contribution in [-0.4, -0.2) is 18.9 Å². The molecule has 0 aromatic heterocycles. The second-order valence-corrected chi connectivity index (χ2v) is 4.91. The number of amides is 2. The van der Waals surface area contributed by atoms with E-state index in [9.17, 15) is 4.79 Å². The Balaban J connectivity index is 3.02. The highest BCUT2D eigenvalue weighted by atomic mass is 79.9. The first-order chi connectivity index (χ1) is 8.54. The lowest BCUT2D eigenvalue weighted by molar-refractivity contribution is 0.249. The molecule has 0 atom stereocenters. The van der Waals surface area contributed by atoms with Crippen molar-refractivity contribution < 1.29 is 9.53 Å². The van der Waals surface area contributed by atoms with Gasteiger partial charge in [0.2, 0.25) is 0 Å². The fraction of sp³-hybridized carbons (Fsp3) is 0.0909. The minimum absolute atomic E-state index is 0.365. The van der Waals surface area contributed by atoms with Gasteiger partial charge in [0.15, 0.2) is 0 Å². The van der Waals surface area contributed by atoms with Crippen molar-refractivity contribution >= 4 is 44.1 Å². The van der Waals surface area contributed by atoms with Gasteiger partial charge in [-0.2, -0.15) is 5.10 Å². The van der Waals surface area contributed by atoms with Gasteiger partial charge in [-0.1, -0.05) is 28.6 Å². The topological polar surface area (TPSA) is 76.7 Å². The summed E-state index contributed by atoms with van der Waals surface area (Å²) in [4.78, 5) is 10.5. The first-order valence-corrected chi connectivity index (χ1v) is 6.44. The van der Waals surface area contributed by atoms with Crippen molar-refractivity contribution in [3.8, 4) is 5.75 Å². The van der Waals surface area contributed by atoms with Gasteiger partial charge < -0.3 is 10.5 Å². The standard InChI is InChI=1S/C11H11Br2N3O2/c1-2-3-18-10-7(6-15-16-11(14)17)4-8(12)5-9(10)13/h2,4-6H,1,3H2,(H3,14,16,17). The number of halogens is 2. The van der Waals surface area contributed by atoms with E-state index in [1.165, 1.54) is 6.21 Å². The summed E-state index contributed by atoms with van der Waals surface area (Å²) < 4.78 is 7.12. The molecule has 2 amide bonds. The van der Waals surface area contributed by atoms with Crippen LogP contribution >= 0.6 is 31.9 Å². The zero-order valence-electron chi connectivity index (χ0n) is 9.32. The third-order valence-corrected chi connectivity index (χ3v) is 2.81. The van der Waals surface area contributed by atoms with Crippen LogP contribution in [0, 0.1) is 0 Å². The van der Waals surface area contributed by atoms with Crippen LogP contribution in [0.4, 0.5) is 4.79 Å². The highest BCUT2D eigenvalue weighted by Gasteiger charge is 2.08. The molecular formula is C11H11Br2N3O2. The van der Waals surface area contributed by atoms with E-state index in [-0.39, 0.29) is 0 Å². The Morgan fingerprint density at radius 1 is 1.56 bits per heavy atom. The van der Waals surface area contributed by atoms with Gasteiger partial charge in [-0.3, -0.25) is 0 Å². The summed E-state index contributed by atoms with van der Waals surface area (Å²) in [6.45, 7) is 3.95. The number of rotatable bonds is 5. The SMILES string of the molecule is C=CCOc1c(Br)cc(Br)cc1C=NNC(N)=O. The van der Waals surface area contributed by atoms with Crippen molar-refractivity contribution in [2.45, 2.75) is 0 Å². The van der Waals surface area contributed by atoms with Crippen LogP contribution in [-0.2, 0) is 0 Å². The molecule has 7 heteroatoms. The summed E-state index contributed by atoms with van der Waals surface area (Å²) >= 11 is 6.74. The molecule has 0 saturated carbocycles. The van der Waals surface area contributed by atoms with E-state index < -0.39 is 6.03 Å². The van der Waals surface area contributed by atoms with Gasteiger partial charge in [0.05, 0.1) is 10.7 Å². The number of urea groups is 1. The molecule has 1 aromatic carbocycles. The molecule has 0 aliphatic rings. The maximum absolute atomic E-state index is 10.5. The second-order valence-electron chi connectivity index (χ2n) is 3.14. The number of nitrogens with two attached hydrogens (primary N) is 1. The van der Waals surface area contributed by atoms with Crippen LogP contribution in [0.1, 0.15) is 5.56 Å².